The van der Waals surface area contributed by atoms with Crippen LogP contribution in [0.4, 0.5) is 28.4 Å². The highest BCUT2D eigenvalue weighted by molar-refractivity contribution is 6.25. The molecule has 0 spiro atoms. The van der Waals surface area contributed by atoms with Gasteiger partial charge in [0.2, 0.25) is 11.8 Å². The number of nitro groups is 3. The summed E-state index contributed by atoms with van der Waals surface area (Å²) in [6.07, 6.45) is 1.44. The molecule has 222 valence electrons. The summed E-state index contributed by atoms with van der Waals surface area (Å²) >= 11 is 0. The smallest absolute Gasteiger partial charge is 0.274 e. The van der Waals surface area contributed by atoms with Crippen LogP contribution in [0.25, 0.3) is 0 Å². The van der Waals surface area contributed by atoms with Crippen LogP contribution in [0.2, 0.25) is 0 Å². The van der Waals surface area contributed by atoms with Gasteiger partial charge >= 0.3 is 5.69 Å². The van der Waals surface area contributed by atoms with E-state index in [1.165, 1.54) is 30.5 Å². The van der Waals surface area contributed by atoms with Crippen molar-refractivity contribution in [3.8, 4) is 0 Å². The third kappa shape index (κ3) is 3.78. The van der Waals surface area contributed by atoms with Crippen molar-refractivity contribution in [2.45, 2.75) is 11.3 Å². The molecule has 4 aromatic carbocycles. The molecule has 1 aliphatic heterocycles. The lowest BCUT2D eigenvalue weighted by Crippen LogP contribution is -2.54. The van der Waals surface area contributed by atoms with Gasteiger partial charge in [0.25, 0.3) is 11.4 Å². The van der Waals surface area contributed by atoms with Crippen LogP contribution in [0.15, 0.2) is 96.1 Å². The number of non-ortho nitro benzene ring substituents is 1. The number of rotatable bonds is 7. The van der Waals surface area contributed by atoms with Crippen molar-refractivity contribution in [1.29, 1.82) is 0 Å². The number of anilines is 2. The second-order valence-electron chi connectivity index (χ2n) is 10.9. The molecule has 2 unspecified atom stereocenters. The first-order valence-electron chi connectivity index (χ1n) is 13.7. The first-order chi connectivity index (χ1) is 21.7. The van der Waals surface area contributed by atoms with Gasteiger partial charge in [-0.05, 0) is 34.4 Å². The second-order valence-corrected chi connectivity index (χ2v) is 10.9. The average molecular weight is 605 g/mol. The number of imide groups is 1. The van der Waals surface area contributed by atoms with Crippen LogP contribution in [-0.4, -0.2) is 32.8 Å². The lowest BCUT2D eigenvalue weighted by molar-refractivity contribution is -0.393. The standard InChI is InChI=1S/C31H20N6O8/c38-29-27-26-18-7-1-3-9-20(18)31(21-10-4-2-8-19(21)26,16-32-33-22-14-13-17(35(40)41)15-25(22)37(44)45)28(27)30(39)34(29)23-11-5-6-12-24(23)36(42)43/h1-16,26-28,33H/b32-16+. The number of nitro benzene ring substituents is 3. The number of carbonyl (C=O) groups excluding carboxylic acids is 2. The van der Waals surface area contributed by atoms with Gasteiger partial charge in [0.1, 0.15) is 11.4 Å². The minimum absolute atomic E-state index is 0.128. The summed E-state index contributed by atoms with van der Waals surface area (Å²) in [5.74, 6) is -3.73. The molecule has 0 saturated carbocycles. The molecule has 3 aliphatic carbocycles. The van der Waals surface area contributed by atoms with Crippen molar-refractivity contribution in [2.24, 2.45) is 16.9 Å². The Morgan fingerprint density at radius 1 is 0.733 bits per heavy atom. The third-order valence-electron chi connectivity index (χ3n) is 8.85. The Bertz CT molecular complexity index is 1980. The Morgan fingerprint density at radius 3 is 1.96 bits per heavy atom. The van der Waals surface area contributed by atoms with E-state index in [0.717, 1.165) is 34.2 Å². The van der Waals surface area contributed by atoms with Gasteiger partial charge in [-0.2, -0.15) is 5.10 Å². The van der Waals surface area contributed by atoms with Crippen LogP contribution in [-0.2, 0) is 15.0 Å². The number of benzene rings is 4. The molecular formula is C31H20N6O8. The van der Waals surface area contributed by atoms with Crippen molar-refractivity contribution in [3.63, 3.8) is 0 Å². The topological polar surface area (TPSA) is 191 Å². The zero-order chi connectivity index (χ0) is 31.6. The molecule has 1 fully saturated rings. The monoisotopic (exact) mass is 604 g/mol. The van der Waals surface area contributed by atoms with Gasteiger partial charge in [0.15, 0.2) is 0 Å². The summed E-state index contributed by atoms with van der Waals surface area (Å²) in [4.78, 5) is 62.3. The van der Waals surface area contributed by atoms with Gasteiger partial charge in [0.05, 0.1) is 38.1 Å². The summed E-state index contributed by atoms with van der Waals surface area (Å²) in [6, 6.07) is 23.3. The number of hydrogen-bond acceptors (Lipinski definition) is 10. The first kappa shape index (κ1) is 27.5. The molecule has 2 atom stereocenters. The van der Waals surface area contributed by atoms with Crippen LogP contribution < -0.4 is 10.3 Å². The quantitative estimate of drug-likeness (QED) is 0.130. The van der Waals surface area contributed by atoms with E-state index >= 15 is 0 Å². The molecular weight excluding hydrogens is 584 g/mol. The fraction of sp³-hybridized carbons (Fsp3) is 0.129. The maximum Gasteiger partial charge on any atom is 0.301 e. The van der Waals surface area contributed by atoms with E-state index in [9.17, 15) is 39.9 Å². The molecule has 14 heteroatoms. The highest BCUT2D eigenvalue weighted by Crippen LogP contribution is 2.64. The van der Waals surface area contributed by atoms with Crippen LogP contribution in [0.3, 0.4) is 0 Å². The van der Waals surface area contributed by atoms with Crippen molar-refractivity contribution >= 4 is 46.5 Å². The molecule has 8 rings (SSSR count). The van der Waals surface area contributed by atoms with E-state index in [-0.39, 0.29) is 11.4 Å². The van der Waals surface area contributed by atoms with Gasteiger partial charge in [0, 0.05) is 24.3 Å². The molecule has 1 N–H and O–H groups in total. The molecule has 1 saturated heterocycles. The summed E-state index contributed by atoms with van der Waals surface area (Å²) < 4.78 is 0. The van der Waals surface area contributed by atoms with Crippen molar-refractivity contribution in [1.82, 2.24) is 0 Å². The maximum atomic E-state index is 14.5. The van der Waals surface area contributed by atoms with Crippen molar-refractivity contribution in [3.05, 3.63) is 144 Å². The Kier molecular flexibility index (Phi) is 6.04. The predicted octanol–water partition coefficient (Wildman–Crippen LogP) is 5.06. The third-order valence-corrected chi connectivity index (χ3v) is 8.85. The largest absolute Gasteiger partial charge is 0.301 e. The van der Waals surface area contributed by atoms with Crippen LogP contribution >= 0.6 is 0 Å². The fourth-order valence-corrected chi connectivity index (χ4v) is 7.18. The Morgan fingerprint density at radius 2 is 1.33 bits per heavy atom. The van der Waals surface area contributed by atoms with Crippen LogP contribution in [0.5, 0.6) is 0 Å². The highest BCUT2D eigenvalue weighted by atomic mass is 16.6. The fourth-order valence-electron chi connectivity index (χ4n) is 7.18. The minimum Gasteiger partial charge on any atom is -0.274 e. The van der Waals surface area contributed by atoms with Crippen molar-refractivity contribution < 1.29 is 24.4 Å². The lowest BCUT2D eigenvalue weighted by atomic mass is 9.47. The number of hydrazone groups is 1. The Labute approximate surface area is 253 Å². The average Bonchev–Trinajstić information content (AvgIpc) is 3.31. The van der Waals surface area contributed by atoms with E-state index in [2.05, 4.69) is 10.5 Å². The van der Waals surface area contributed by atoms with Crippen molar-refractivity contribution in [2.75, 3.05) is 10.3 Å². The Hall–Kier alpha value is -6.31. The van der Waals surface area contributed by atoms with E-state index in [1.54, 1.807) is 12.1 Å². The maximum absolute atomic E-state index is 14.5. The number of para-hydroxylation sites is 2. The number of carbonyl (C=O) groups is 2. The molecule has 1 heterocycles. The molecule has 0 aromatic heterocycles. The zero-order valence-corrected chi connectivity index (χ0v) is 23.0. The number of amides is 2. The summed E-state index contributed by atoms with van der Waals surface area (Å²) in [5.41, 5.74) is 2.52. The molecule has 45 heavy (non-hydrogen) atoms. The normalized spacial score (nSPS) is 22.6. The molecule has 2 amide bonds. The van der Waals surface area contributed by atoms with Crippen LogP contribution in [0.1, 0.15) is 28.2 Å². The number of hydrogen-bond donors (Lipinski definition) is 1. The highest BCUT2D eigenvalue weighted by Gasteiger charge is 2.68. The van der Waals surface area contributed by atoms with E-state index in [1.807, 2.05) is 36.4 Å². The predicted molar refractivity (Wildman–Crippen MR) is 160 cm³/mol. The Balaban J connectivity index is 1.42. The van der Waals surface area contributed by atoms with Gasteiger partial charge in [-0.15, -0.1) is 0 Å². The summed E-state index contributed by atoms with van der Waals surface area (Å²) in [7, 11) is 0. The van der Waals surface area contributed by atoms with E-state index in [0.29, 0.717) is 11.1 Å². The zero-order valence-electron chi connectivity index (χ0n) is 23.0. The van der Waals surface area contributed by atoms with Crippen LogP contribution in [0, 0.1) is 42.2 Å². The summed E-state index contributed by atoms with van der Waals surface area (Å²) in [5, 5.41) is 39.2. The first-order valence-corrected chi connectivity index (χ1v) is 13.7. The lowest BCUT2D eigenvalue weighted by Gasteiger charge is -2.52. The molecule has 14 nitrogen and oxygen atoms in total. The molecule has 0 radical (unpaired) electrons. The summed E-state index contributed by atoms with van der Waals surface area (Å²) in [6.45, 7) is 0. The van der Waals surface area contributed by atoms with E-state index in [4.69, 9.17) is 0 Å². The van der Waals surface area contributed by atoms with Gasteiger partial charge in [-0.25, -0.2) is 4.90 Å². The van der Waals surface area contributed by atoms with E-state index < -0.39 is 66.8 Å². The molecule has 4 aromatic rings. The second kappa shape index (κ2) is 9.87. The number of nitrogens with one attached hydrogen (secondary N) is 1. The molecule has 2 bridgehead atoms. The SMILES string of the molecule is O=C1C2C3c4ccccc4C(/C=N/Nc4ccc([N+](=O)[O-])cc4[N+](=O)[O-])(c4ccccc43)C2C(=O)N1c1ccccc1[N+](=O)[O-]. The van der Waals surface area contributed by atoms with Gasteiger partial charge < -0.3 is 0 Å². The number of nitrogens with zero attached hydrogens (tertiary/aromatic N) is 5. The van der Waals surface area contributed by atoms with Gasteiger partial charge in [-0.1, -0.05) is 60.7 Å². The van der Waals surface area contributed by atoms with Gasteiger partial charge in [-0.3, -0.25) is 45.4 Å². The minimum atomic E-state index is -1.36. The molecule has 4 aliphatic rings.